The van der Waals surface area contributed by atoms with Gasteiger partial charge in [-0.05, 0) is 24.6 Å². The lowest BCUT2D eigenvalue weighted by molar-refractivity contribution is -0.114. The fourth-order valence-electron chi connectivity index (χ4n) is 1.62. The van der Waals surface area contributed by atoms with Crippen LogP contribution in [-0.2, 0) is 4.79 Å². The van der Waals surface area contributed by atoms with Gasteiger partial charge in [0.25, 0.3) is 5.91 Å². The number of nitrogen functional groups attached to an aromatic ring is 1. The zero-order valence-electron chi connectivity index (χ0n) is 11.1. The van der Waals surface area contributed by atoms with Crippen LogP contribution < -0.4 is 16.4 Å². The summed E-state index contributed by atoms with van der Waals surface area (Å²) in [7, 11) is 0. The Morgan fingerprint density at radius 2 is 2.05 bits per heavy atom. The lowest BCUT2D eigenvalue weighted by atomic mass is 10.1. The minimum absolute atomic E-state index is 0.168. The maximum Gasteiger partial charge on any atom is 0.275 e. The molecule has 0 saturated heterocycles. The van der Waals surface area contributed by atoms with Gasteiger partial charge in [0.15, 0.2) is 5.13 Å². The highest BCUT2D eigenvalue weighted by atomic mass is 32.1. The van der Waals surface area contributed by atoms with Gasteiger partial charge in [0, 0.05) is 23.7 Å². The van der Waals surface area contributed by atoms with E-state index in [-0.39, 0.29) is 17.5 Å². The minimum atomic E-state index is -0.332. The first-order chi connectivity index (χ1) is 9.45. The summed E-state index contributed by atoms with van der Waals surface area (Å²) in [6, 6.07) is 5.29. The predicted molar refractivity (Wildman–Crippen MR) is 80.0 cm³/mol. The average molecular weight is 290 g/mol. The van der Waals surface area contributed by atoms with Crippen LogP contribution in [0.25, 0.3) is 0 Å². The van der Waals surface area contributed by atoms with Gasteiger partial charge in [-0.25, -0.2) is 4.98 Å². The van der Waals surface area contributed by atoms with E-state index < -0.39 is 0 Å². The number of thiazole rings is 1. The van der Waals surface area contributed by atoms with Crippen molar-refractivity contribution in [3.05, 3.63) is 34.8 Å². The Morgan fingerprint density at radius 1 is 1.30 bits per heavy atom. The van der Waals surface area contributed by atoms with Crippen molar-refractivity contribution >= 4 is 39.7 Å². The average Bonchev–Trinajstić information content (AvgIpc) is 2.79. The van der Waals surface area contributed by atoms with Crippen molar-refractivity contribution in [2.24, 2.45) is 0 Å². The summed E-state index contributed by atoms with van der Waals surface area (Å²) in [6.07, 6.45) is 0. The molecule has 0 fully saturated rings. The second-order valence-corrected chi connectivity index (χ2v) is 5.13. The Morgan fingerprint density at radius 3 is 2.65 bits per heavy atom. The molecule has 0 aliphatic heterocycles. The van der Waals surface area contributed by atoms with Crippen LogP contribution >= 0.6 is 11.3 Å². The molecule has 0 unspecified atom stereocenters. The van der Waals surface area contributed by atoms with E-state index in [1.807, 2.05) is 13.0 Å². The lowest BCUT2D eigenvalue weighted by Gasteiger charge is -2.10. The number of nitrogens with two attached hydrogens (primary N) is 1. The van der Waals surface area contributed by atoms with Crippen LogP contribution in [-0.4, -0.2) is 16.8 Å². The molecule has 2 rings (SSSR count). The Hall–Kier alpha value is -2.41. The van der Waals surface area contributed by atoms with E-state index in [9.17, 15) is 9.59 Å². The zero-order chi connectivity index (χ0) is 14.7. The predicted octanol–water partition coefficient (Wildman–Crippen LogP) is 2.24. The van der Waals surface area contributed by atoms with Gasteiger partial charge >= 0.3 is 0 Å². The van der Waals surface area contributed by atoms with Crippen molar-refractivity contribution < 1.29 is 9.59 Å². The number of rotatable bonds is 3. The molecule has 7 heteroatoms. The fraction of sp³-hybridized carbons (Fsp3) is 0.154. The quantitative estimate of drug-likeness (QED) is 0.807. The molecule has 1 heterocycles. The highest BCUT2D eigenvalue weighted by Gasteiger charge is 2.11. The number of hydrogen-bond donors (Lipinski definition) is 3. The lowest BCUT2D eigenvalue weighted by Crippen LogP contribution is -2.14. The van der Waals surface area contributed by atoms with Gasteiger partial charge in [-0.15, -0.1) is 11.3 Å². The second-order valence-electron chi connectivity index (χ2n) is 4.24. The van der Waals surface area contributed by atoms with Gasteiger partial charge in [0.05, 0.1) is 0 Å². The third-order valence-corrected chi connectivity index (χ3v) is 3.23. The van der Waals surface area contributed by atoms with Crippen molar-refractivity contribution in [1.82, 2.24) is 4.98 Å². The number of hydrogen-bond acceptors (Lipinski definition) is 5. The van der Waals surface area contributed by atoms with Gasteiger partial charge in [0.1, 0.15) is 5.69 Å². The fourth-order valence-corrected chi connectivity index (χ4v) is 2.16. The third-order valence-electron chi connectivity index (χ3n) is 2.56. The number of carbonyl (C=O) groups excluding carboxylic acids is 2. The summed E-state index contributed by atoms with van der Waals surface area (Å²) in [4.78, 5) is 27.0. The maximum absolute atomic E-state index is 12.0. The number of benzene rings is 1. The van der Waals surface area contributed by atoms with Gasteiger partial charge in [0.2, 0.25) is 5.91 Å². The summed E-state index contributed by atoms with van der Waals surface area (Å²) >= 11 is 1.21. The molecule has 0 bridgehead atoms. The Labute approximate surface area is 120 Å². The van der Waals surface area contributed by atoms with Crippen molar-refractivity contribution in [1.29, 1.82) is 0 Å². The first-order valence-electron chi connectivity index (χ1n) is 5.86. The van der Waals surface area contributed by atoms with Crippen molar-refractivity contribution in [2.75, 3.05) is 16.4 Å². The van der Waals surface area contributed by atoms with Crippen LogP contribution in [0.3, 0.4) is 0 Å². The summed E-state index contributed by atoms with van der Waals surface area (Å²) < 4.78 is 0. The summed E-state index contributed by atoms with van der Waals surface area (Å²) in [5.41, 5.74) is 7.90. The molecule has 1 aromatic heterocycles. The first kappa shape index (κ1) is 14.0. The van der Waals surface area contributed by atoms with Crippen LogP contribution in [0.5, 0.6) is 0 Å². The van der Waals surface area contributed by atoms with Gasteiger partial charge in [-0.1, -0.05) is 6.07 Å². The molecule has 4 N–H and O–H groups in total. The smallest absolute Gasteiger partial charge is 0.275 e. The number of amides is 2. The number of nitrogens with one attached hydrogen (secondary N) is 2. The van der Waals surface area contributed by atoms with Crippen molar-refractivity contribution in [2.45, 2.75) is 13.8 Å². The van der Waals surface area contributed by atoms with E-state index in [1.165, 1.54) is 18.3 Å². The van der Waals surface area contributed by atoms with Crippen LogP contribution in [0.1, 0.15) is 23.0 Å². The van der Waals surface area contributed by atoms with E-state index in [4.69, 9.17) is 5.73 Å². The SMILES string of the molecule is CC(=O)Nc1ccc(C)c(NC(=O)c2csc(N)n2)c1. The van der Waals surface area contributed by atoms with E-state index in [1.54, 1.807) is 17.5 Å². The number of carbonyl (C=O) groups is 2. The molecule has 20 heavy (non-hydrogen) atoms. The number of aryl methyl sites for hydroxylation is 1. The Bertz CT molecular complexity index is 666. The van der Waals surface area contributed by atoms with E-state index >= 15 is 0 Å². The minimum Gasteiger partial charge on any atom is -0.375 e. The molecular weight excluding hydrogens is 276 g/mol. The molecule has 0 saturated carbocycles. The summed E-state index contributed by atoms with van der Waals surface area (Å²) in [5, 5.41) is 7.36. The van der Waals surface area contributed by atoms with Gasteiger partial charge in [-0.2, -0.15) is 0 Å². The topological polar surface area (TPSA) is 97.1 Å². The number of nitrogens with zero attached hydrogens (tertiary/aromatic N) is 1. The van der Waals surface area contributed by atoms with Crippen LogP contribution in [0.2, 0.25) is 0 Å². The largest absolute Gasteiger partial charge is 0.375 e. The Kier molecular flexibility index (Phi) is 3.99. The Balaban J connectivity index is 2.19. The maximum atomic E-state index is 12.0. The zero-order valence-corrected chi connectivity index (χ0v) is 11.9. The van der Waals surface area contributed by atoms with Crippen molar-refractivity contribution in [3.63, 3.8) is 0 Å². The second kappa shape index (κ2) is 5.70. The molecule has 2 amide bonds. The number of anilines is 3. The molecule has 0 radical (unpaired) electrons. The van der Waals surface area contributed by atoms with E-state index in [0.29, 0.717) is 16.5 Å². The highest BCUT2D eigenvalue weighted by molar-refractivity contribution is 7.13. The molecular formula is C13H14N4O2S. The van der Waals surface area contributed by atoms with E-state index in [0.717, 1.165) is 5.56 Å². The van der Waals surface area contributed by atoms with Crippen LogP contribution in [0.4, 0.5) is 16.5 Å². The molecule has 0 aliphatic carbocycles. The standard InChI is InChI=1S/C13H14N4O2S/c1-7-3-4-9(15-8(2)18)5-10(7)16-12(19)11-6-20-13(14)17-11/h3-6H,1-2H3,(H2,14,17)(H,15,18)(H,16,19). The molecule has 104 valence electrons. The van der Waals surface area contributed by atoms with Crippen molar-refractivity contribution in [3.8, 4) is 0 Å². The van der Waals surface area contributed by atoms with Gasteiger partial charge < -0.3 is 16.4 Å². The van der Waals surface area contributed by atoms with Crippen LogP contribution in [0, 0.1) is 6.92 Å². The normalized spacial score (nSPS) is 10.1. The summed E-state index contributed by atoms with van der Waals surface area (Å²) in [5.74, 6) is -0.501. The molecule has 2 aromatic rings. The van der Waals surface area contributed by atoms with E-state index in [2.05, 4.69) is 15.6 Å². The third kappa shape index (κ3) is 3.33. The monoisotopic (exact) mass is 290 g/mol. The molecule has 0 aliphatic rings. The molecule has 0 atom stereocenters. The first-order valence-corrected chi connectivity index (χ1v) is 6.74. The molecule has 0 spiro atoms. The summed E-state index contributed by atoms with van der Waals surface area (Å²) in [6.45, 7) is 3.29. The molecule has 1 aromatic carbocycles. The highest BCUT2D eigenvalue weighted by Crippen LogP contribution is 2.21. The van der Waals surface area contributed by atoms with Gasteiger partial charge in [-0.3, -0.25) is 9.59 Å². The molecule has 6 nitrogen and oxygen atoms in total. The number of aromatic nitrogens is 1. The van der Waals surface area contributed by atoms with Crippen LogP contribution in [0.15, 0.2) is 23.6 Å².